The van der Waals surface area contributed by atoms with E-state index < -0.39 is 17.7 Å². The molecule has 2 bridgehead atoms. The summed E-state index contributed by atoms with van der Waals surface area (Å²) >= 11 is 0. The Morgan fingerprint density at radius 3 is 2.41 bits per heavy atom. The number of hydrogen-bond donors (Lipinski definition) is 0. The van der Waals surface area contributed by atoms with E-state index in [0.29, 0.717) is 24.9 Å². The number of anilines is 1. The minimum atomic E-state index is -0.966. The molecular formula is C32H34F2N4O3. The molecule has 1 saturated heterocycles. The molecule has 1 aliphatic heterocycles. The molecule has 0 N–H and O–H groups in total. The Kier molecular flexibility index (Phi) is 6.08. The number of rotatable bonds is 5. The van der Waals surface area contributed by atoms with Crippen molar-refractivity contribution in [3.8, 4) is 11.1 Å². The number of methoxy groups -OCH3 is 1. The van der Waals surface area contributed by atoms with Crippen molar-refractivity contribution >= 4 is 22.6 Å². The van der Waals surface area contributed by atoms with Crippen LogP contribution < -0.4 is 4.90 Å². The van der Waals surface area contributed by atoms with Crippen molar-refractivity contribution in [3.63, 3.8) is 0 Å². The van der Waals surface area contributed by atoms with E-state index in [1.54, 1.807) is 4.90 Å². The number of carbonyl (C=O) groups is 1. The summed E-state index contributed by atoms with van der Waals surface area (Å²) in [5, 5.41) is 4.14. The van der Waals surface area contributed by atoms with Gasteiger partial charge in [0.25, 0.3) is 0 Å². The number of carbonyl (C=O) groups excluding carboxylic acids is 1. The molecule has 7 nitrogen and oxygen atoms in total. The van der Waals surface area contributed by atoms with Crippen molar-refractivity contribution in [1.82, 2.24) is 14.7 Å². The molecule has 9 heteroatoms. The van der Waals surface area contributed by atoms with Crippen LogP contribution in [0.3, 0.4) is 0 Å². The predicted molar refractivity (Wildman–Crippen MR) is 151 cm³/mol. The highest BCUT2D eigenvalue weighted by molar-refractivity contribution is 5.95. The Bertz CT molecular complexity index is 1630. The summed E-state index contributed by atoms with van der Waals surface area (Å²) in [4.78, 5) is 20.3. The Balaban J connectivity index is 1.42. The Labute approximate surface area is 237 Å². The van der Waals surface area contributed by atoms with Crippen LogP contribution in [0.25, 0.3) is 22.2 Å². The van der Waals surface area contributed by atoms with Gasteiger partial charge in [0.05, 0.1) is 28.4 Å². The number of imidazole rings is 1. The van der Waals surface area contributed by atoms with Crippen molar-refractivity contribution in [2.75, 3.05) is 12.0 Å². The molecule has 8 rings (SSSR count). The van der Waals surface area contributed by atoms with Gasteiger partial charge in [0, 0.05) is 36.4 Å². The second kappa shape index (κ2) is 9.48. The summed E-state index contributed by atoms with van der Waals surface area (Å²) in [6, 6.07) is 9.61. The Morgan fingerprint density at radius 1 is 1.00 bits per heavy atom. The third-order valence-electron chi connectivity index (χ3n) is 9.98. The second-order valence-electron chi connectivity index (χ2n) is 12.1. The second-order valence-corrected chi connectivity index (χ2v) is 12.1. The fraction of sp³-hybridized carbons (Fsp3) is 0.469. The van der Waals surface area contributed by atoms with Gasteiger partial charge < -0.3 is 18.7 Å². The zero-order valence-corrected chi connectivity index (χ0v) is 23.7. The Hall–Kier alpha value is -3.59. The number of halogens is 2. The van der Waals surface area contributed by atoms with Crippen LogP contribution in [0.5, 0.6) is 0 Å². The minimum absolute atomic E-state index is 0.0622. The van der Waals surface area contributed by atoms with Gasteiger partial charge in [-0.25, -0.2) is 13.8 Å². The fourth-order valence-electron chi connectivity index (χ4n) is 7.72. The number of ether oxygens (including phenoxy) is 1. The molecule has 3 saturated carbocycles. The third-order valence-corrected chi connectivity index (χ3v) is 9.98. The molecule has 4 aliphatic rings. The van der Waals surface area contributed by atoms with Gasteiger partial charge in [-0.15, -0.1) is 0 Å². The highest BCUT2D eigenvalue weighted by Gasteiger charge is 2.52. The molecule has 41 heavy (non-hydrogen) atoms. The van der Waals surface area contributed by atoms with Crippen molar-refractivity contribution in [2.24, 2.45) is 0 Å². The van der Waals surface area contributed by atoms with E-state index in [1.807, 2.05) is 21.0 Å². The van der Waals surface area contributed by atoms with E-state index in [9.17, 15) is 13.6 Å². The first-order valence-corrected chi connectivity index (χ1v) is 14.5. The van der Waals surface area contributed by atoms with Crippen molar-refractivity contribution in [3.05, 3.63) is 65.3 Å². The third kappa shape index (κ3) is 4.03. The van der Waals surface area contributed by atoms with Gasteiger partial charge >= 0.3 is 0 Å². The van der Waals surface area contributed by atoms with E-state index >= 15 is 0 Å². The summed E-state index contributed by atoms with van der Waals surface area (Å²) in [7, 11) is 1.82. The highest BCUT2D eigenvalue weighted by atomic mass is 19.2. The van der Waals surface area contributed by atoms with Gasteiger partial charge in [-0.2, -0.15) is 0 Å². The van der Waals surface area contributed by atoms with Crippen LogP contribution in [-0.2, 0) is 15.1 Å². The minimum Gasteiger partial charge on any atom is -0.378 e. The zero-order chi connectivity index (χ0) is 28.5. The first-order valence-electron chi connectivity index (χ1n) is 14.5. The van der Waals surface area contributed by atoms with Crippen LogP contribution in [0, 0.1) is 25.5 Å². The molecule has 2 aromatic carbocycles. The SMILES string of the molecule is COC12CCC(n3c([C@@H]4CCCC(=O)N4c4ccc(F)c(F)c4)nc4cc(-c5c(C)noc5C)ccc43)(CC1)CC2. The van der Waals surface area contributed by atoms with Crippen LogP contribution in [0.15, 0.2) is 40.9 Å². The molecule has 4 aromatic rings. The van der Waals surface area contributed by atoms with E-state index in [0.717, 1.165) is 90.1 Å². The number of nitrogens with zero attached hydrogens (tertiary/aromatic N) is 4. The maximum atomic E-state index is 14.4. The number of hydrogen-bond acceptors (Lipinski definition) is 5. The first kappa shape index (κ1) is 26.3. The summed E-state index contributed by atoms with van der Waals surface area (Å²) < 4.78 is 42.1. The monoisotopic (exact) mass is 560 g/mol. The number of aromatic nitrogens is 3. The van der Waals surface area contributed by atoms with Crippen molar-refractivity contribution < 1.29 is 22.8 Å². The largest absolute Gasteiger partial charge is 0.378 e. The van der Waals surface area contributed by atoms with E-state index in [-0.39, 0.29) is 17.0 Å². The maximum absolute atomic E-state index is 14.4. The van der Waals surface area contributed by atoms with Gasteiger partial charge in [0.2, 0.25) is 5.91 Å². The molecular weight excluding hydrogens is 526 g/mol. The molecule has 4 fully saturated rings. The lowest BCUT2D eigenvalue weighted by Gasteiger charge is -2.54. The summed E-state index contributed by atoms with van der Waals surface area (Å²) in [5.41, 5.74) is 4.75. The van der Waals surface area contributed by atoms with E-state index in [2.05, 4.69) is 27.9 Å². The normalized spacial score (nSPS) is 26.3. The molecule has 1 atom stereocenters. The zero-order valence-electron chi connectivity index (χ0n) is 23.7. The van der Waals surface area contributed by atoms with E-state index in [4.69, 9.17) is 14.2 Å². The van der Waals surface area contributed by atoms with Gasteiger partial charge in [-0.1, -0.05) is 11.2 Å². The van der Waals surface area contributed by atoms with Crippen LogP contribution >= 0.6 is 0 Å². The summed E-state index contributed by atoms with van der Waals surface area (Å²) in [6.45, 7) is 3.83. The van der Waals surface area contributed by atoms with Crippen molar-refractivity contribution in [1.29, 1.82) is 0 Å². The Morgan fingerprint density at radius 2 is 1.76 bits per heavy atom. The fourth-order valence-corrected chi connectivity index (χ4v) is 7.72. The summed E-state index contributed by atoms with van der Waals surface area (Å²) in [5.74, 6) is -0.450. The molecule has 0 unspecified atom stereocenters. The van der Waals surface area contributed by atoms with Crippen LogP contribution in [0.2, 0.25) is 0 Å². The molecule has 3 aliphatic carbocycles. The molecule has 0 spiro atoms. The van der Waals surface area contributed by atoms with Gasteiger partial charge in [0.15, 0.2) is 11.6 Å². The molecule has 3 heterocycles. The molecule has 214 valence electrons. The topological polar surface area (TPSA) is 73.4 Å². The average Bonchev–Trinajstić information content (AvgIpc) is 3.54. The van der Waals surface area contributed by atoms with Gasteiger partial charge in [-0.05, 0) is 95.0 Å². The average molecular weight is 561 g/mol. The molecule has 0 radical (unpaired) electrons. The molecule has 2 aromatic heterocycles. The number of amides is 1. The number of aryl methyl sites for hydroxylation is 2. The number of benzene rings is 2. The maximum Gasteiger partial charge on any atom is 0.227 e. The number of piperidine rings is 1. The predicted octanol–water partition coefficient (Wildman–Crippen LogP) is 7.29. The van der Waals surface area contributed by atoms with Gasteiger partial charge in [0.1, 0.15) is 11.6 Å². The van der Waals surface area contributed by atoms with Crippen LogP contribution in [0.1, 0.15) is 81.1 Å². The van der Waals surface area contributed by atoms with Crippen molar-refractivity contribution in [2.45, 2.75) is 88.8 Å². The quantitative estimate of drug-likeness (QED) is 0.256. The standard InChI is InChI=1S/C32H34F2N4O3/c1-19-29(20(2)41-36-19)21-7-10-26-25(17-21)35-30(38(26)31-11-14-32(40-3,15-12-31)16-13-31)27-5-4-6-28(39)37(27)22-8-9-23(33)24(34)18-22/h7-10,17-18,27H,4-6,11-16H2,1-3H3/t27-,31?,32?/m0/s1. The van der Waals surface area contributed by atoms with E-state index in [1.165, 1.54) is 6.07 Å². The summed E-state index contributed by atoms with van der Waals surface area (Å²) in [6.07, 6.45) is 7.51. The van der Waals surface area contributed by atoms with Crippen LogP contribution in [0.4, 0.5) is 14.5 Å². The van der Waals surface area contributed by atoms with Crippen LogP contribution in [-0.4, -0.2) is 33.3 Å². The lowest BCUT2D eigenvalue weighted by molar-refractivity contribution is -0.120. The number of fused-ring (bicyclic) bond motifs is 4. The molecule has 1 amide bonds. The lowest BCUT2D eigenvalue weighted by Crippen LogP contribution is -2.53. The first-order chi connectivity index (χ1) is 19.7. The van der Waals surface area contributed by atoms with Gasteiger partial charge in [-0.3, -0.25) is 4.79 Å². The lowest BCUT2D eigenvalue weighted by atomic mass is 9.62. The highest BCUT2D eigenvalue weighted by Crippen LogP contribution is 2.54. The smallest absolute Gasteiger partial charge is 0.227 e.